The molecule has 0 saturated carbocycles. The van der Waals surface area contributed by atoms with E-state index in [1.807, 2.05) is 25.0 Å². The first-order valence-corrected chi connectivity index (χ1v) is 6.07. The molecule has 2 unspecified atom stereocenters. The molecular weight excluding hydrogens is 202 g/mol. The van der Waals surface area contributed by atoms with E-state index in [4.69, 9.17) is 4.74 Å². The fourth-order valence-corrected chi connectivity index (χ4v) is 2.30. The van der Waals surface area contributed by atoms with Crippen molar-refractivity contribution in [3.8, 4) is 0 Å². The number of ether oxygens (including phenoxy) is 1. The van der Waals surface area contributed by atoms with Crippen LogP contribution >= 0.6 is 0 Å². The van der Waals surface area contributed by atoms with Crippen LogP contribution in [-0.4, -0.2) is 35.6 Å². The van der Waals surface area contributed by atoms with Crippen LogP contribution in [0.2, 0.25) is 0 Å². The minimum Gasteiger partial charge on any atom is -0.377 e. The van der Waals surface area contributed by atoms with Gasteiger partial charge in [-0.1, -0.05) is 0 Å². The second-order valence-corrected chi connectivity index (χ2v) is 4.49. The fourth-order valence-electron chi connectivity index (χ4n) is 2.30. The quantitative estimate of drug-likeness (QED) is 0.831. The summed E-state index contributed by atoms with van der Waals surface area (Å²) < 4.78 is 7.66. The van der Waals surface area contributed by atoms with E-state index >= 15 is 0 Å². The van der Waals surface area contributed by atoms with Gasteiger partial charge in [-0.3, -0.25) is 4.68 Å². The van der Waals surface area contributed by atoms with Crippen molar-refractivity contribution < 1.29 is 4.74 Å². The van der Waals surface area contributed by atoms with E-state index in [-0.39, 0.29) is 0 Å². The van der Waals surface area contributed by atoms with Gasteiger partial charge in [0.1, 0.15) is 0 Å². The number of aryl methyl sites for hydroxylation is 1. The summed E-state index contributed by atoms with van der Waals surface area (Å²) in [6.45, 7) is 0.908. The summed E-state index contributed by atoms with van der Waals surface area (Å²) in [4.78, 5) is 0. The van der Waals surface area contributed by atoms with Crippen molar-refractivity contribution in [3.63, 3.8) is 0 Å². The van der Waals surface area contributed by atoms with E-state index in [9.17, 15) is 0 Å². The summed E-state index contributed by atoms with van der Waals surface area (Å²) in [5.74, 6) is 0. The van der Waals surface area contributed by atoms with E-state index in [0.29, 0.717) is 12.1 Å². The predicted molar refractivity (Wildman–Crippen MR) is 63.4 cm³/mol. The van der Waals surface area contributed by atoms with Gasteiger partial charge in [0.05, 0.1) is 11.8 Å². The number of hydrogen-bond donors (Lipinski definition) is 1. The second-order valence-electron chi connectivity index (χ2n) is 4.49. The highest BCUT2D eigenvalue weighted by Gasteiger charge is 2.23. The van der Waals surface area contributed by atoms with E-state index in [1.54, 1.807) is 0 Å². The van der Waals surface area contributed by atoms with Crippen molar-refractivity contribution >= 4 is 0 Å². The molecule has 1 N–H and O–H groups in total. The van der Waals surface area contributed by atoms with Gasteiger partial charge >= 0.3 is 0 Å². The van der Waals surface area contributed by atoms with Crippen LogP contribution in [0.15, 0.2) is 12.3 Å². The molecule has 2 heterocycles. The first-order chi connectivity index (χ1) is 7.79. The Bertz CT molecular complexity index is 318. The van der Waals surface area contributed by atoms with Crippen LogP contribution in [0.4, 0.5) is 0 Å². The molecule has 90 valence electrons. The van der Waals surface area contributed by atoms with Gasteiger partial charge in [0.15, 0.2) is 0 Å². The molecule has 2 atom stereocenters. The van der Waals surface area contributed by atoms with Crippen molar-refractivity contribution in [1.29, 1.82) is 0 Å². The summed E-state index contributed by atoms with van der Waals surface area (Å²) in [6.07, 6.45) is 6.94. The van der Waals surface area contributed by atoms with Gasteiger partial charge in [0, 0.05) is 32.3 Å². The van der Waals surface area contributed by atoms with E-state index in [2.05, 4.69) is 16.5 Å². The van der Waals surface area contributed by atoms with Gasteiger partial charge in [-0.05, 0) is 32.4 Å². The standard InChI is InChI=1S/C12H21N3O/c1-13-11(12-5-3-4-8-16-12)9-10-6-7-15(2)14-10/h6-7,11-13H,3-5,8-9H2,1-2H3. The minimum absolute atomic E-state index is 0.348. The summed E-state index contributed by atoms with van der Waals surface area (Å²) in [5.41, 5.74) is 1.14. The van der Waals surface area contributed by atoms with Crippen molar-refractivity contribution in [2.45, 2.75) is 37.8 Å². The molecule has 0 aliphatic carbocycles. The van der Waals surface area contributed by atoms with Gasteiger partial charge in [0.25, 0.3) is 0 Å². The maximum absolute atomic E-state index is 5.81. The van der Waals surface area contributed by atoms with Crippen LogP contribution in [0.5, 0.6) is 0 Å². The summed E-state index contributed by atoms with van der Waals surface area (Å²) >= 11 is 0. The maximum Gasteiger partial charge on any atom is 0.0731 e. The average Bonchev–Trinajstić information content (AvgIpc) is 2.73. The van der Waals surface area contributed by atoms with Crippen molar-refractivity contribution in [2.75, 3.05) is 13.7 Å². The van der Waals surface area contributed by atoms with Crippen molar-refractivity contribution in [3.05, 3.63) is 18.0 Å². The second kappa shape index (κ2) is 5.46. The van der Waals surface area contributed by atoms with Crippen molar-refractivity contribution in [2.24, 2.45) is 7.05 Å². The Labute approximate surface area is 97.0 Å². The summed E-state index contributed by atoms with van der Waals surface area (Å²) in [5, 5.41) is 7.77. The SMILES string of the molecule is CNC(Cc1ccn(C)n1)C1CCCCO1. The molecule has 1 aromatic rings. The molecule has 4 nitrogen and oxygen atoms in total. The van der Waals surface area contributed by atoms with Gasteiger partial charge in [-0.2, -0.15) is 5.10 Å². The fraction of sp³-hybridized carbons (Fsp3) is 0.750. The topological polar surface area (TPSA) is 39.1 Å². The number of nitrogens with zero attached hydrogens (tertiary/aromatic N) is 2. The Morgan fingerprint density at radius 1 is 1.62 bits per heavy atom. The zero-order chi connectivity index (χ0) is 11.4. The lowest BCUT2D eigenvalue weighted by Gasteiger charge is -2.29. The highest BCUT2D eigenvalue weighted by Crippen LogP contribution is 2.17. The number of nitrogens with one attached hydrogen (secondary N) is 1. The molecule has 1 fully saturated rings. The zero-order valence-corrected chi connectivity index (χ0v) is 10.1. The highest BCUT2D eigenvalue weighted by atomic mass is 16.5. The molecule has 0 aromatic carbocycles. The van der Waals surface area contributed by atoms with E-state index < -0.39 is 0 Å². The monoisotopic (exact) mass is 223 g/mol. The van der Waals surface area contributed by atoms with Crippen LogP contribution in [0.1, 0.15) is 25.0 Å². The number of aromatic nitrogens is 2. The molecule has 1 saturated heterocycles. The molecule has 0 radical (unpaired) electrons. The molecule has 16 heavy (non-hydrogen) atoms. The maximum atomic E-state index is 5.81. The number of rotatable bonds is 4. The Kier molecular flexibility index (Phi) is 3.96. The lowest BCUT2D eigenvalue weighted by molar-refractivity contribution is -0.00607. The molecule has 1 aromatic heterocycles. The first-order valence-electron chi connectivity index (χ1n) is 6.07. The third-order valence-corrected chi connectivity index (χ3v) is 3.23. The van der Waals surface area contributed by atoms with E-state index in [0.717, 1.165) is 18.7 Å². The molecule has 2 rings (SSSR count). The Morgan fingerprint density at radius 3 is 3.06 bits per heavy atom. The lowest BCUT2D eigenvalue weighted by Crippen LogP contribution is -2.42. The van der Waals surface area contributed by atoms with Crippen LogP contribution in [0.25, 0.3) is 0 Å². The molecule has 1 aliphatic heterocycles. The van der Waals surface area contributed by atoms with Crippen molar-refractivity contribution in [1.82, 2.24) is 15.1 Å². The van der Waals surface area contributed by atoms with E-state index in [1.165, 1.54) is 19.3 Å². The number of hydrogen-bond acceptors (Lipinski definition) is 3. The highest BCUT2D eigenvalue weighted by molar-refractivity contribution is 5.02. The molecule has 0 spiro atoms. The smallest absolute Gasteiger partial charge is 0.0731 e. The summed E-state index contributed by atoms with van der Waals surface area (Å²) in [6, 6.07) is 2.46. The average molecular weight is 223 g/mol. The Morgan fingerprint density at radius 2 is 2.50 bits per heavy atom. The first kappa shape index (κ1) is 11.6. The van der Waals surface area contributed by atoms with Gasteiger partial charge in [-0.15, -0.1) is 0 Å². The minimum atomic E-state index is 0.348. The molecule has 1 aliphatic rings. The third-order valence-electron chi connectivity index (χ3n) is 3.23. The molecule has 0 amide bonds. The lowest BCUT2D eigenvalue weighted by atomic mass is 9.98. The molecule has 4 heteroatoms. The van der Waals surface area contributed by atoms with Crippen LogP contribution in [0.3, 0.4) is 0 Å². The van der Waals surface area contributed by atoms with Gasteiger partial charge in [0.2, 0.25) is 0 Å². The Hall–Kier alpha value is -0.870. The number of likely N-dealkylation sites (N-methyl/N-ethyl adjacent to an activating group) is 1. The zero-order valence-electron chi connectivity index (χ0n) is 10.1. The summed E-state index contributed by atoms with van der Waals surface area (Å²) in [7, 11) is 3.96. The Balaban J connectivity index is 1.94. The predicted octanol–water partition coefficient (Wildman–Crippen LogP) is 1.12. The largest absolute Gasteiger partial charge is 0.377 e. The van der Waals surface area contributed by atoms with Gasteiger partial charge in [-0.25, -0.2) is 0 Å². The molecule has 0 bridgehead atoms. The normalized spacial score (nSPS) is 23.2. The van der Waals surface area contributed by atoms with Crippen LogP contribution in [-0.2, 0) is 18.2 Å². The third kappa shape index (κ3) is 2.83. The van der Waals surface area contributed by atoms with Crippen LogP contribution < -0.4 is 5.32 Å². The van der Waals surface area contributed by atoms with Crippen LogP contribution in [0, 0.1) is 0 Å². The van der Waals surface area contributed by atoms with Gasteiger partial charge < -0.3 is 10.1 Å². The molecular formula is C12H21N3O.